The summed E-state index contributed by atoms with van der Waals surface area (Å²) >= 11 is 0. The zero-order valence-electron chi connectivity index (χ0n) is 16.3. The van der Waals surface area contributed by atoms with E-state index in [0.29, 0.717) is 32.0 Å². The highest BCUT2D eigenvalue weighted by atomic mass is 16.5. The molecule has 1 fully saturated rings. The van der Waals surface area contributed by atoms with Crippen LogP contribution in [0.15, 0.2) is 4.99 Å². The van der Waals surface area contributed by atoms with Crippen LogP contribution in [-0.2, 0) is 14.3 Å². The van der Waals surface area contributed by atoms with E-state index in [1.165, 1.54) is 0 Å². The summed E-state index contributed by atoms with van der Waals surface area (Å²) in [6, 6.07) is 0. The van der Waals surface area contributed by atoms with Crippen LogP contribution in [0.4, 0.5) is 0 Å². The first kappa shape index (κ1) is 21.7. The summed E-state index contributed by atoms with van der Waals surface area (Å²) in [6.45, 7) is 14.7. The monoisotopic (exact) mass is 356 g/mol. The van der Waals surface area contributed by atoms with Crippen molar-refractivity contribution in [1.29, 1.82) is 0 Å². The first-order valence-corrected chi connectivity index (χ1v) is 9.56. The number of hydrogen-bond acceptors (Lipinski definition) is 5. The standard InChI is InChI=1S/C18H36N4O3/c1-5-19-18(20-9-7-8-17(23)24-6-2)21-12-16-14-22(10-11-25-16)13-15(3)4/h15-16H,5-14H2,1-4H3,(H2,19,20,21). The van der Waals surface area contributed by atoms with Crippen molar-refractivity contribution in [2.24, 2.45) is 10.9 Å². The number of esters is 1. The van der Waals surface area contributed by atoms with E-state index < -0.39 is 0 Å². The van der Waals surface area contributed by atoms with Gasteiger partial charge in [0.15, 0.2) is 5.96 Å². The van der Waals surface area contributed by atoms with Crippen LogP contribution in [0.2, 0.25) is 0 Å². The third-order valence-corrected chi connectivity index (χ3v) is 3.80. The molecule has 0 aromatic heterocycles. The predicted molar refractivity (Wildman–Crippen MR) is 101 cm³/mol. The van der Waals surface area contributed by atoms with E-state index in [4.69, 9.17) is 9.47 Å². The number of nitrogens with one attached hydrogen (secondary N) is 2. The number of carbonyl (C=O) groups is 1. The fraction of sp³-hybridized carbons (Fsp3) is 0.889. The smallest absolute Gasteiger partial charge is 0.305 e. The van der Waals surface area contributed by atoms with Crippen molar-refractivity contribution >= 4 is 11.9 Å². The molecule has 1 atom stereocenters. The van der Waals surface area contributed by atoms with Gasteiger partial charge in [0, 0.05) is 39.1 Å². The van der Waals surface area contributed by atoms with E-state index in [9.17, 15) is 4.79 Å². The number of rotatable bonds is 10. The lowest BCUT2D eigenvalue weighted by Crippen LogP contribution is -2.46. The van der Waals surface area contributed by atoms with Gasteiger partial charge in [-0.15, -0.1) is 0 Å². The Hall–Kier alpha value is -1.34. The van der Waals surface area contributed by atoms with E-state index in [2.05, 4.69) is 34.4 Å². The molecule has 0 saturated carbocycles. The largest absolute Gasteiger partial charge is 0.466 e. The quantitative estimate of drug-likeness (QED) is 0.265. The molecule has 0 amide bonds. The minimum atomic E-state index is -0.146. The number of nitrogens with zero attached hydrogens (tertiary/aromatic N) is 2. The molecule has 0 aliphatic carbocycles. The third kappa shape index (κ3) is 10.3. The van der Waals surface area contributed by atoms with Gasteiger partial charge in [-0.25, -0.2) is 0 Å². The molecule has 0 aromatic carbocycles. The Kier molecular flexibility index (Phi) is 11.2. The molecule has 25 heavy (non-hydrogen) atoms. The van der Waals surface area contributed by atoms with E-state index in [0.717, 1.165) is 45.2 Å². The van der Waals surface area contributed by atoms with Crippen LogP contribution in [-0.4, -0.2) is 75.4 Å². The molecule has 1 heterocycles. The Bertz CT molecular complexity index is 402. The van der Waals surface area contributed by atoms with E-state index in [1.807, 2.05) is 13.8 Å². The van der Waals surface area contributed by atoms with Gasteiger partial charge in [-0.3, -0.25) is 14.7 Å². The molecule has 7 heteroatoms. The van der Waals surface area contributed by atoms with Crippen molar-refractivity contribution in [2.75, 3.05) is 52.5 Å². The van der Waals surface area contributed by atoms with Crippen LogP contribution in [0.5, 0.6) is 0 Å². The number of aliphatic imine (C=N–C) groups is 1. The SMILES string of the molecule is CCNC(=NCC1CN(CC(C)C)CCO1)NCCCC(=O)OCC. The van der Waals surface area contributed by atoms with Crippen molar-refractivity contribution in [2.45, 2.75) is 46.6 Å². The van der Waals surface area contributed by atoms with Gasteiger partial charge in [-0.05, 0) is 26.2 Å². The molecule has 7 nitrogen and oxygen atoms in total. The van der Waals surface area contributed by atoms with Crippen LogP contribution >= 0.6 is 0 Å². The lowest BCUT2D eigenvalue weighted by atomic mass is 10.2. The minimum Gasteiger partial charge on any atom is -0.466 e. The van der Waals surface area contributed by atoms with Gasteiger partial charge >= 0.3 is 5.97 Å². The van der Waals surface area contributed by atoms with Crippen LogP contribution in [0.1, 0.15) is 40.5 Å². The van der Waals surface area contributed by atoms with Gasteiger partial charge in [0.1, 0.15) is 0 Å². The Morgan fingerprint density at radius 1 is 1.36 bits per heavy atom. The molecule has 1 unspecified atom stereocenters. The average molecular weight is 357 g/mol. The Labute approximate surface area is 152 Å². The lowest BCUT2D eigenvalue weighted by Gasteiger charge is -2.33. The third-order valence-electron chi connectivity index (χ3n) is 3.80. The number of hydrogen-bond donors (Lipinski definition) is 2. The van der Waals surface area contributed by atoms with E-state index in [-0.39, 0.29) is 12.1 Å². The van der Waals surface area contributed by atoms with Gasteiger partial charge in [-0.1, -0.05) is 13.8 Å². The average Bonchev–Trinajstić information content (AvgIpc) is 2.56. The molecule has 1 aliphatic rings. The second-order valence-electron chi connectivity index (χ2n) is 6.70. The highest BCUT2D eigenvalue weighted by molar-refractivity contribution is 5.79. The summed E-state index contributed by atoms with van der Waals surface area (Å²) in [5.74, 6) is 1.30. The number of guanidine groups is 1. The Balaban J connectivity index is 2.34. The van der Waals surface area contributed by atoms with Gasteiger partial charge in [0.05, 0.1) is 25.9 Å². The van der Waals surface area contributed by atoms with Crippen LogP contribution < -0.4 is 10.6 Å². The molecule has 0 aromatic rings. The fourth-order valence-electron chi connectivity index (χ4n) is 2.78. The molecule has 2 N–H and O–H groups in total. The Morgan fingerprint density at radius 3 is 2.84 bits per heavy atom. The van der Waals surface area contributed by atoms with E-state index >= 15 is 0 Å². The first-order valence-electron chi connectivity index (χ1n) is 9.56. The van der Waals surface area contributed by atoms with Gasteiger partial charge < -0.3 is 20.1 Å². The van der Waals surface area contributed by atoms with E-state index in [1.54, 1.807) is 0 Å². The second-order valence-corrected chi connectivity index (χ2v) is 6.70. The minimum absolute atomic E-state index is 0.141. The predicted octanol–water partition coefficient (Wildman–Crippen LogP) is 1.24. The van der Waals surface area contributed by atoms with Crippen molar-refractivity contribution < 1.29 is 14.3 Å². The summed E-state index contributed by atoms with van der Waals surface area (Å²) in [5.41, 5.74) is 0. The topological polar surface area (TPSA) is 75.2 Å². The highest BCUT2D eigenvalue weighted by Crippen LogP contribution is 2.08. The summed E-state index contributed by atoms with van der Waals surface area (Å²) < 4.78 is 10.8. The molecular formula is C18H36N4O3. The maximum atomic E-state index is 11.3. The Morgan fingerprint density at radius 2 is 2.16 bits per heavy atom. The first-order chi connectivity index (χ1) is 12.0. The summed E-state index contributed by atoms with van der Waals surface area (Å²) in [7, 11) is 0. The molecule has 1 rings (SSSR count). The fourth-order valence-corrected chi connectivity index (χ4v) is 2.78. The lowest BCUT2D eigenvalue weighted by molar-refractivity contribution is -0.143. The number of morpholine rings is 1. The summed E-state index contributed by atoms with van der Waals surface area (Å²) in [6.07, 6.45) is 1.30. The highest BCUT2D eigenvalue weighted by Gasteiger charge is 2.20. The van der Waals surface area contributed by atoms with Crippen LogP contribution in [0, 0.1) is 5.92 Å². The van der Waals surface area contributed by atoms with Gasteiger partial charge in [-0.2, -0.15) is 0 Å². The second kappa shape index (κ2) is 12.9. The molecule has 1 aliphatic heterocycles. The molecule has 0 radical (unpaired) electrons. The molecule has 0 spiro atoms. The zero-order valence-corrected chi connectivity index (χ0v) is 16.3. The zero-order chi connectivity index (χ0) is 18.5. The summed E-state index contributed by atoms with van der Waals surface area (Å²) in [5, 5.41) is 6.50. The summed E-state index contributed by atoms with van der Waals surface area (Å²) in [4.78, 5) is 18.4. The van der Waals surface area contributed by atoms with Crippen LogP contribution in [0.3, 0.4) is 0 Å². The molecule has 0 bridgehead atoms. The van der Waals surface area contributed by atoms with Crippen molar-refractivity contribution in [3.05, 3.63) is 0 Å². The molecule has 146 valence electrons. The van der Waals surface area contributed by atoms with Gasteiger partial charge in [0.25, 0.3) is 0 Å². The molecule has 1 saturated heterocycles. The van der Waals surface area contributed by atoms with Gasteiger partial charge in [0.2, 0.25) is 0 Å². The molecular weight excluding hydrogens is 320 g/mol. The van der Waals surface area contributed by atoms with Crippen molar-refractivity contribution in [1.82, 2.24) is 15.5 Å². The van der Waals surface area contributed by atoms with Crippen molar-refractivity contribution in [3.63, 3.8) is 0 Å². The maximum Gasteiger partial charge on any atom is 0.305 e. The normalized spacial score (nSPS) is 19.1. The van der Waals surface area contributed by atoms with Crippen LogP contribution in [0.25, 0.3) is 0 Å². The number of carbonyl (C=O) groups excluding carboxylic acids is 1. The van der Waals surface area contributed by atoms with Crippen molar-refractivity contribution in [3.8, 4) is 0 Å². The maximum absolute atomic E-state index is 11.3. The number of ether oxygens (including phenoxy) is 2.